The summed E-state index contributed by atoms with van der Waals surface area (Å²) in [6.07, 6.45) is 5.21. The molecule has 0 amide bonds. The first-order valence-corrected chi connectivity index (χ1v) is 5.20. The Balaban J connectivity index is 2.73. The molecule has 0 aromatic heterocycles. The van der Waals surface area contributed by atoms with Gasteiger partial charge in [0.25, 0.3) is 0 Å². The lowest BCUT2D eigenvalue weighted by Crippen LogP contribution is -1.95. The Kier molecular flexibility index (Phi) is 4.41. The third-order valence-corrected chi connectivity index (χ3v) is 2.22. The van der Waals surface area contributed by atoms with E-state index in [0.29, 0.717) is 5.92 Å². The van der Waals surface area contributed by atoms with Crippen molar-refractivity contribution >= 4 is 6.08 Å². The van der Waals surface area contributed by atoms with E-state index in [0.717, 1.165) is 13.0 Å². The molecule has 1 heteroatoms. The molecule has 0 bridgehead atoms. The van der Waals surface area contributed by atoms with Gasteiger partial charge in [-0.25, -0.2) is 0 Å². The van der Waals surface area contributed by atoms with Crippen molar-refractivity contribution in [2.45, 2.75) is 26.2 Å². The molecule has 0 spiro atoms. The van der Waals surface area contributed by atoms with Crippen molar-refractivity contribution in [1.82, 2.24) is 0 Å². The smallest absolute Gasteiger partial charge is 0.00425 e. The van der Waals surface area contributed by atoms with E-state index >= 15 is 0 Å². The Morgan fingerprint density at radius 3 is 2.79 bits per heavy atom. The fourth-order valence-corrected chi connectivity index (χ4v) is 1.34. The van der Waals surface area contributed by atoms with Crippen LogP contribution < -0.4 is 5.73 Å². The molecule has 0 unspecified atom stereocenters. The van der Waals surface area contributed by atoms with Gasteiger partial charge in [0.05, 0.1) is 0 Å². The lowest BCUT2D eigenvalue weighted by molar-refractivity contribution is 0.866. The van der Waals surface area contributed by atoms with Crippen molar-refractivity contribution < 1.29 is 0 Å². The second-order valence-electron chi connectivity index (χ2n) is 3.80. The molecule has 0 fully saturated rings. The molecule has 14 heavy (non-hydrogen) atoms. The first-order valence-electron chi connectivity index (χ1n) is 5.20. The summed E-state index contributed by atoms with van der Waals surface area (Å²) in [5.74, 6) is 0.595. The zero-order valence-corrected chi connectivity index (χ0v) is 9.03. The number of benzene rings is 1. The molecule has 1 rings (SSSR count). The van der Waals surface area contributed by atoms with Gasteiger partial charge in [0.2, 0.25) is 0 Å². The van der Waals surface area contributed by atoms with Crippen molar-refractivity contribution in [3.8, 4) is 0 Å². The molecule has 0 radical (unpaired) electrons. The van der Waals surface area contributed by atoms with Gasteiger partial charge in [0.1, 0.15) is 0 Å². The maximum Gasteiger partial charge on any atom is -0.00425 e. The summed E-state index contributed by atoms with van der Waals surface area (Å²) < 4.78 is 0. The van der Waals surface area contributed by atoms with E-state index < -0.39 is 0 Å². The van der Waals surface area contributed by atoms with Gasteiger partial charge < -0.3 is 5.73 Å². The molecule has 0 aliphatic carbocycles. The molecule has 1 nitrogen and oxygen atoms in total. The minimum absolute atomic E-state index is 0.595. The van der Waals surface area contributed by atoms with E-state index in [1.165, 1.54) is 11.1 Å². The molecular weight excluding hydrogens is 170 g/mol. The molecule has 0 aliphatic heterocycles. The standard InChI is InChI=1S/C13H19N/c1-11(2)13-8-5-7-12(10-13)6-3-4-9-14/h3,5-8,10-11H,4,9,14H2,1-2H3. The lowest BCUT2D eigenvalue weighted by Gasteiger charge is -2.05. The predicted octanol–water partition coefficient (Wildman–Crippen LogP) is 3.17. The van der Waals surface area contributed by atoms with Gasteiger partial charge in [0, 0.05) is 0 Å². The summed E-state index contributed by atoms with van der Waals surface area (Å²) in [6, 6.07) is 8.64. The van der Waals surface area contributed by atoms with Gasteiger partial charge in [0.15, 0.2) is 0 Å². The molecule has 1 aromatic rings. The fourth-order valence-electron chi connectivity index (χ4n) is 1.34. The van der Waals surface area contributed by atoms with E-state index in [2.05, 4.69) is 50.3 Å². The summed E-state index contributed by atoms with van der Waals surface area (Å²) >= 11 is 0. The van der Waals surface area contributed by atoms with E-state index in [-0.39, 0.29) is 0 Å². The predicted molar refractivity (Wildman–Crippen MR) is 63.2 cm³/mol. The summed E-state index contributed by atoms with van der Waals surface area (Å²) in [4.78, 5) is 0. The van der Waals surface area contributed by atoms with Crippen LogP contribution in [0.5, 0.6) is 0 Å². The Bertz CT molecular complexity index is 300. The Hall–Kier alpha value is -1.08. The number of hydrogen-bond donors (Lipinski definition) is 1. The third-order valence-electron chi connectivity index (χ3n) is 2.22. The van der Waals surface area contributed by atoms with E-state index in [1.807, 2.05) is 0 Å². The van der Waals surface area contributed by atoms with Gasteiger partial charge in [-0.1, -0.05) is 50.3 Å². The lowest BCUT2D eigenvalue weighted by atomic mass is 10.0. The van der Waals surface area contributed by atoms with Crippen molar-refractivity contribution in [3.05, 3.63) is 41.5 Å². The van der Waals surface area contributed by atoms with Crippen LogP contribution in [0.15, 0.2) is 30.3 Å². The van der Waals surface area contributed by atoms with Crippen molar-refractivity contribution in [2.75, 3.05) is 6.54 Å². The highest BCUT2D eigenvalue weighted by Gasteiger charge is 1.97. The van der Waals surface area contributed by atoms with Crippen LogP contribution in [0.3, 0.4) is 0 Å². The van der Waals surface area contributed by atoms with Crippen LogP contribution >= 0.6 is 0 Å². The van der Waals surface area contributed by atoms with Gasteiger partial charge in [-0.3, -0.25) is 0 Å². The number of hydrogen-bond acceptors (Lipinski definition) is 1. The maximum absolute atomic E-state index is 5.42. The number of nitrogens with two attached hydrogens (primary N) is 1. The van der Waals surface area contributed by atoms with Crippen LogP contribution in [-0.2, 0) is 0 Å². The fraction of sp³-hybridized carbons (Fsp3) is 0.385. The minimum atomic E-state index is 0.595. The van der Waals surface area contributed by atoms with Crippen LogP contribution in [0, 0.1) is 0 Å². The van der Waals surface area contributed by atoms with E-state index in [9.17, 15) is 0 Å². The van der Waals surface area contributed by atoms with Gasteiger partial charge >= 0.3 is 0 Å². The van der Waals surface area contributed by atoms with Crippen molar-refractivity contribution in [3.63, 3.8) is 0 Å². The van der Waals surface area contributed by atoms with Crippen molar-refractivity contribution in [2.24, 2.45) is 5.73 Å². The molecule has 1 aromatic carbocycles. The molecule has 0 saturated heterocycles. The second-order valence-corrected chi connectivity index (χ2v) is 3.80. The molecule has 0 aliphatic rings. The average molecular weight is 189 g/mol. The highest BCUT2D eigenvalue weighted by atomic mass is 14.5. The third kappa shape index (κ3) is 3.35. The summed E-state index contributed by atoms with van der Waals surface area (Å²) in [5, 5.41) is 0. The molecule has 2 N–H and O–H groups in total. The Morgan fingerprint density at radius 1 is 1.36 bits per heavy atom. The zero-order chi connectivity index (χ0) is 10.4. The van der Waals surface area contributed by atoms with Crippen LogP contribution in [0.2, 0.25) is 0 Å². The molecule has 0 heterocycles. The average Bonchev–Trinajstić information content (AvgIpc) is 2.19. The largest absolute Gasteiger partial charge is 0.330 e. The van der Waals surface area contributed by atoms with E-state index in [1.54, 1.807) is 0 Å². The first-order chi connectivity index (χ1) is 6.74. The summed E-state index contributed by atoms with van der Waals surface area (Å²) in [7, 11) is 0. The van der Waals surface area contributed by atoms with Gasteiger partial charge in [-0.05, 0) is 30.0 Å². The summed E-state index contributed by atoms with van der Waals surface area (Å²) in [6.45, 7) is 5.14. The topological polar surface area (TPSA) is 26.0 Å². The second kappa shape index (κ2) is 5.61. The molecular formula is C13H19N. The monoisotopic (exact) mass is 189 g/mol. The molecule has 0 saturated carbocycles. The first kappa shape index (κ1) is 11.0. The number of rotatable bonds is 4. The maximum atomic E-state index is 5.42. The molecule has 0 atom stereocenters. The quantitative estimate of drug-likeness (QED) is 0.773. The SMILES string of the molecule is CC(C)c1cccc(C=CCCN)c1. The highest BCUT2D eigenvalue weighted by Crippen LogP contribution is 2.16. The Labute approximate surface area is 86.6 Å². The van der Waals surface area contributed by atoms with Crippen LogP contribution in [0.4, 0.5) is 0 Å². The summed E-state index contributed by atoms with van der Waals surface area (Å²) in [5.41, 5.74) is 8.08. The van der Waals surface area contributed by atoms with Gasteiger partial charge in [-0.15, -0.1) is 0 Å². The minimum Gasteiger partial charge on any atom is -0.330 e. The van der Waals surface area contributed by atoms with Crippen molar-refractivity contribution in [1.29, 1.82) is 0 Å². The van der Waals surface area contributed by atoms with Crippen LogP contribution in [0.1, 0.15) is 37.3 Å². The normalized spacial score (nSPS) is 11.4. The molecule has 76 valence electrons. The van der Waals surface area contributed by atoms with Crippen LogP contribution in [-0.4, -0.2) is 6.54 Å². The van der Waals surface area contributed by atoms with E-state index in [4.69, 9.17) is 5.73 Å². The van der Waals surface area contributed by atoms with Gasteiger partial charge in [-0.2, -0.15) is 0 Å². The van der Waals surface area contributed by atoms with Crippen LogP contribution in [0.25, 0.3) is 6.08 Å². The Morgan fingerprint density at radius 2 is 2.14 bits per heavy atom. The highest BCUT2D eigenvalue weighted by molar-refractivity contribution is 5.50. The zero-order valence-electron chi connectivity index (χ0n) is 9.03.